The summed E-state index contributed by atoms with van der Waals surface area (Å²) in [6.45, 7) is 4.66. The molecule has 262 valence electrons. The number of hydrogen-bond acceptors (Lipinski definition) is 8. The summed E-state index contributed by atoms with van der Waals surface area (Å²) in [5.41, 5.74) is 6.26. The van der Waals surface area contributed by atoms with Gasteiger partial charge in [0.2, 0.25) is 21.8 Å². The van der Waals surface area contributed by atoms with Crippen molar-refractivity contribution in [3.8, 4) is 0 Å². The number of alkyl halides is 2. The molecule has 3 saturated heterocycles. The smallest absolute Gasteiger partial charge is 0.276 e. The summed E-state index contributed by atoms with van der Waals surface area (Å²) in [5, 5.41) is 2.94. The molecular weight excluding hydrogens is 664 g/mol. The molecular formula is C33H44ClF2N7O4S. The number of likely N-dealkylation sites (tertiary alicyclic amines) is 1. The number of nitrogens with zero attached hydrogens (tertiary/aromatic N) is 5. The van der Waals surface area contributed by atoms with E-state index in [9.17, 15) is 18.0 Å². The topological polar surface area (TPSA) is 132 Å². The van der Waals surface area contributed by atoms with Crippen LogP contribution in [0.15, 0.2) is 41.3 Å². The molecule has 15 heteroatoms. The van der Waals surface area contributed by atoms with Gasteiger partial charge in [0.25, 0.3) is 5.92 Å². The Labute approximate surface area is 285 Å². The van der Waals surface area contributed by atoms with Crippen molar-refractivity contribution in [1.29, 1.82) is 0 Å². The van der Waals surface area contributed by atoms with Crippen molar-refractivity contribution in [1.82, 2.24) is 19.5 Å². The van der Waals surface area contributed by atoms with Crippen LogP contribution in [0, 0.1) is 11.8 Å². The third kappa shape index (κ3) is 7.62. The lowest BCUT2D eigenvalue weighted by Gasteiger charge is -2.36. The fourth-order valence-corrected chi connectivity index (χ4v) is 8.99. The van der Waals surface area contributed by atoms with Crippen molar-refractivity contribution in [2.45, 2.75) is 61.8 Å². The fourth-order valence-electron chi connectivity index (χ4n) is 7.37. The maximum Gasteiger partial charge on any atom is 0.276 e. The Morgan fingerprint density at radius 2 is 1.67 bits per heavy atom. The van der Waals surface area contributed by atoms with Crippen LogP contribution in [-0.4, -0.2) is 99.4 Å². The molecule has 4 fully saturated rings. The zero-order valence-electron chi connectivity index (χ0n) is 27.0. The van der Waals surface area contributed by atoms with Gasteiger partial charge in [-0.3, -0.25) is 9.59 Å². The van der Waals surface area contributed by atoms with Gasteiger partial charge < -0.3 is 25.8 Å². The lowest BCUT2D eigenvalue weighted by atomic mass is 9.77. The van der Waals surface area contributed by atoms with Crippen LogP contribution in [0.2, 0.25) is 5.15 Å². The second-order valence-electron chi connectivity index (χ2n) is 13.4. The van der Waals surface area contributed by atoms with Gasteiger partial charge in [0.1, 0.15) is 11.0 Å². The second kappa shape index (κ2) is 14.5. The number of anilines is 2. The molecule has 1 atom stereocenters. The third-order valence-corrected chi connectivity index (χ3v) is 12.3. The minimum atomic E-state index is -3.82. The van der Waals surface area contributed by atoms with Crippen LogP contribution >= 0.6 is 11.6 Å². The Morgan fingerprint density at radius 3 is 2.29 bits per heavy atom. The van der Waals surface area contributed by atoms with Gasteiger partial charge in [-0.2, -0.15) is 4.31 Å². The Hall–Kier alpha value is -2.91. The molecule has 3 aliphatic heterocycles. The first-order valence-electron chi connectivity index (χ1n) is 16.9. The minimum Gasteiger partial charge on any atom is -0.355 e. The Morgan fingerprint density at radius 1 is 1.00 bits per heavy atom. The number of piperazine rings is 1. The molecule has 48 heavy (non-hydrogen) atoms. The van der Waals surface area contributed by atoms with Crippen molar-refractivity contribution >= 4 is 44.9 Å². The summed E-state index contributed by atoms with van der Waals surface area (Å²) in [6, 6.07) is 8.49. The highest BCUT2D eigenvalue weighted by atomic mass is 35.5. The lowest BCUT2D eigenvalue weighted by Crippen LogP contribution is -2.49. The fraction of sp³-hybridized carbons (Fsp3) is 0.606. The number of pyridine rings is 1. The molecule has 2 amide bonds. The number of amides is 2. The van der Waals surface area contributed by atoms with Gasteiger partial charge in [0.05, 0.1) is 4.90 Å². The lowest BCUT2D eigenvalue weighted by molar-refractivity contribution is -0.129. The predicted molar refractivity (Wildman–Crippen MR) is 180 cm³/mol. The highest BCUT2D eigenvalue weighted by molar-refractivity contribution is 7.89. The summed E-state index contributed by atoms with van der Waals surface area (Å²) >= 11 is 6.27. The zero-order chi connectivity index (χ0) is 34.1. The predicted octanol–water partition coefficient (Wildman–Crippen LogP) is 3.42. The van der Waals surface area contributed by atoms with E-state index in [1.165, 1.54) is 41.4 Å². The van der Waals surface area contributed by atoms with Crippen LogP contribution in [0.3, 0.4) is 0 Å². The van der Waals surface area contributed by atoms with Crippen molar-refractivity contribution in [2.75, 3.05) is 68.7 Å². The molecule has 1 aliphatic carbocycles. The van der Waals surface area contributed by atoms with Crippen LogP contribution in [0.5, 0.6) is 0 Å². The van der Waals surface area contributed by atoms with Gasteiger partial charge in [-0.1, -0.05) is 11.6 Å². The molecule has 1 saturated carbocycles. The molecule has 11 nitrogen and oxygen atoms in total. The number of carbonyl (C=O) groups is 2. The SMILES string of the molecule is N[C@@H]1CC(=O)N(c2ccc(S(=O)(=O)N3CCN(c4cc(C(F)(F)C5CCC(C(=O)NCCN6CCCC6)CC5)cc(Cl)n4)CC3)cc2)C1. The Kier molecular flexibility index (Phi) is 10.6. The van der Waals surface area contributed by atoms with Gasteiger partial charge >= 0.3 is 0 Å². The van der Waals surface area contributed by atoms with E-state index in [2.05, 4.69) is 15.2 Å². The average molecular weight is 708 g/mol. The molecule has 1 aromatic heterocycles. The quantitative estimate of drug-likeness (QED) is 0.360. The van der Waals surface area contributed by atoms with Gasteiger partial charge in [-0.25, -0.2) is 22.2 Å². The summed E-state index contributed by atoms with van der Waals surface area (Å²) in [7, 11) is -3.82. The van der Waals surface area contributed by atoms with Gasteiger partial charge in [-0.15, -0.1) is 0 Å². The third-order valence-electron chi connectivity index (χ3n) is 10.2. The number of sulfonamides is 1. The average Bonchev–Trinajstić information content (AvgIpc) is 3.73. The van der Waals surface area contributed by atoms with E-state index < -0.39 is 21.9 Å². The number of halogens is 3. The molecule has 2 aromatic rings. The number of hydrogen-bond donors (Lipinski definition) is 2. The van der Waals surface area contributed by atoms with Crippen LogP contribution in [0.25, 0.3) is 0 Å². The molecule has 4 aliphatic rings. The Balaban J connectivity index is 1.03. The number of nitrogens with one attached hydrogen (secondary N) is 1. The molecule has 6 rings (SSSR count). The largest absolute Gasteiger partial charge is 0.355 e. The van der Waals surface area contributed by atoms with Crippen LogP contribution in [-0.2, 0) is 25.5 Å². The number of rotatable bonds is 10. The molecule has 0 bridgehead atoms. The van der Waals surface area contributed by atoms with Crippen LogP contribution < -0.4 is 20.9 Å². The van der Waals surface area contributed by atoms with Crippen molar-refractivity contribution in [2.24, 2.45) is 17.6 Å². The van der Waals surface area contributed by atoms with E-state index in [0.717, 1.165) is 19.6 Å². The molecule has 0 spiro atoms. The van der Waals surface area contributed by atoms with Gasteiger partial charge in [0, 0.05) is 81.4 Å². The van der Waals surface area contributed by atoms with Crippen molar-refractivity contribution < 1.29 is 26.8 Å². The first-order chi connectivity index (χ1) is 22.9. The maximum atomic E-state index is 15.9. The van der Waals surface area contributed by atoms with Crippen LogP contribution in [0.1, 0.15) is 50.5 Å². The second-order valence-corrected chi connectivity index (χ2v) is 15.7. The van der Waals surface area contributed by atoms with E-state index in [4.69, 9.17) is 17.3 Å². The van der Waals surface area contributed by atoms with Gasteiger partial charge in [0.15, 0.2) is 0 Å². The monoisotopic (exact) mass is 707 g/mol. The first kappa shape index (κ1) is 34.9. The van der Waals surface area contributed by atoms with E-state index in [0.29, 0.717) is 31.6 Å². The maximum absolute atomic E-state index is 15.9. The standard InChI is InChI=1S/C33H44ClF2N7O4S/c34-29-19-25(33(35,36)24-5-3-23(4-6-24)32(45)38-11-14-40-12-1-2-13-40)20-30(39-29)41-15-17-42(18-16-41)48(46,47)28-9-7-27(8-10-28)43-22-26(37)21-31(43)44/h7-10,19-20,23-24,26H,1-6,11-18,21-22,37H2,(H,38,45)/t23?,24?,26-/m1/s1. The number of carbonyl (C=O) groups excluding carboxylic acids is 2. The van der Waals surface area contributed by atoms with Crippen LogP contribution in [0.4, 0.5) is 20.3 Å². The zero-order valence-corrected chi connectivity index (χ0v) is 28.6. The summed E-state index contributed by atoms with van der Waals surface area (Å²) in [6.07, 6.45) is 3.91. The van der Waals surface area contributed by atoms with E-state index in [1.54, 1.807) is 21.9 Å². The molecule has 0 radical (unpaired) electrons. The number of benzene rings is 1. The van der Waals surface area contributed by atoms with Crippen molar-refractivity contribution in [3.63, 3.8) is 0 Å². The Bertz CT molecular complexity index is 1580. The summed E-state index contributed by atoms with van der Waals surface area (Å²) < 4.78 is 60.0. The minimum absolute atomic E-state index is 0.0489. The van der Waals surface area contributed by atoms with E-state index in [-0.39, 0.29) is 90.6 Å². The normalized spacial score (nSPS) is 24.8. The summed E-state index contributed by atoms with van der Waals surface area (Å²) in [4.78, 5) is 34.9. The summed E-state index contributed by atoms with van der Waals surface area (Å²) in [5.74, 6) is -4.22. The van der Waals surface area contributed by atoms with E-state index in [1.807, 2.05) is 0 Å². The molecule has 4 heterocycles. The number of nitrogens with two attached hydrogens (primary N) is 1. The van der Waals surface area contributed by atoms with E-state index >= 15 is 8.78 Å². The molecule has 3 N–H and O–H groups in total. The highest BCUT2D eigenvalue weighted by Crippen LogP contribution is 2.46. The number of aromatic nitrogens is 1. The van der Waals surface area contributed by atoms with Crippen molar-refractivity contribution in [3.05, 3.63) is 47.1 Å². The first-order valence-corrected chi connectivity index (χ1v) is 18.7. The molecule has 1 aromatic carbocycles. The highest BCUT2D eigenvalue weighted by Gasteiger charge is 2.44. The molecule has 0 unspecified atom stereocenters. The van der Waals surface area contributed by atoms with Gasteiger partial charge in [-0.05, 0) is 88.0 Å².